The fraction of sp³-hybridized carbons (Fsp3) is 0.462. The van der Waals surface area contributed by atoms with E-state index in [1.807, 2.05) is 0 Å². The average molecular weight is 215 g/mol. The first-order valence-corrected chi connectivity index (χ1v) is 5.96. The third kappa shape index (κ3) is 1.71. The highest BCUT2D eigenvalue weighted by Gasteiger charge is 2.15. The Balaban J connectivity index is 1.90. The first kappa shape index (κ1) is 9.85. The van der Waals surface area contributed by atoms with Gasteiger partial charge in [-0.25, -0.2) is 0 Å². The van der Waals surface area contributed by atoms with Crippen molar-refractivity contribution in [2.75, 3.05) is 13.1 Å². The monoisotopic (exact) mass is 215 g/mol. The molecule has 0 radical (unpaired) electrons. The summed E-state index contributed by atoms with van der Waals surface area (Å²) in [4.78, 5) is 0. The van der Waals surface area contributed by atoms with Crippen molar-refractivity contribution in [3.05, 3.63) is 30.0 Å². The maximum absolute atomic E-state index is 4.66. The van der Waals surface area contributed by atoms with Crippen LogP contribution in [0.4, 0.5) is 0 Å². The molecule has 0 bridgehead atoms. The Morgan fingerprint density at radius 3 is 3.19 bits per heavy atom. The SMILES string of the molecule is Cc1cccc2cn(CC3CCNC3)nc12. The standard InChI is InChI=1S/C13H17N3/c1-10-3-2-4-12-9-16(15-13(10)12)8-11-5-6-14-7-11/h2-4,9,11,14H,5-8H2,1H3. The number of nitrogens with one attached hydrogen (secondary N) is 1. The topological polar surface area (TPSA) is 29.9 Å². The summed E-state index contributed by atoms with van der Waals surface area (Å²) in [5.74, 6) is 0.745. The lowest BCUT2D eigenvalue weighted by atomic mass is 10.1. The predicted octanol–water partition coefficient (Wildman–Crippen LogP) is 1.95. The first-order chi connectivity index (χ1) is 7.83. The minimum atomic E-state index is 0.745. The number of aromatic nitrogens is 2. The maximum atomic E-state index is 4.66. The van der Waals surface area contributed by atoms with Gasteiger partial charge in [-0.2, -0.15) is 5.10 Å². The lowest BCUT2D eigenvalue weighted by molar-refractivity contribution is 0.452. The number of benzene rings is 1. The van der Waals surface area contributed by atoms with Crippen molar-refractivity contribution < 1.29 is 0 Å². The van der Waals surface area contributed by atoms with Crippen molar-refractivity contribution >= 4 is 10.9 Å². The molecule has 1 fully saturated rings. The molecule has 84 valence electrons. The summed E-state index contributed by atoms with van der Waals surface area (Å²) >= 11 is 0. The first-order valence-electron chi connectivity index (χ1n) is 5.96. The van der Waals surface area contributed by atoms with Crippen molar-refractivity contribution in [1.82, 2.24) is 15.1 Å². The molecule has 16 heavy (non-hydrogen) atoms. The van der Waals surface area contributed by atoms with Crippen LogP contribution in [-0.2, 0) is 6.54 Å². The number of hydrogen-bond acceptors (Lipinski definition) is 2. The van der Waals surface area contributed by atoms with Crippen LogP contribution in [0.5, 0.6) is 0 Å². The summed E-state index contributed by atoms with van der Waals surface area (Å²) in [5.41, 5.74) is 2.41. The number of nitrogens with zero attached hydrogens (tertiary/aromatic N) is 2. The van der Waals surface area contributed by atoms with E-state index in [-0.39, 0.29) is 0 Å². The van der Waals surface area contributed by atoms with Crippen LogP contribution < -0.4 is 5.32 Å². The molecule has 3 nitrogen and oxygen atoms in total. The van der Waals surface area contributed by atoms with Crippen LogP contribution in [0, 0.1) is 12.8 Å². The van der Waals surface area contributed by atoms with Gasteiger partial charge in [0.05, 0.1) is 5.52 Å². The van der Waals surface area contributed by atoms with Crippen LogP contribution in [0.3, 0.4) is 0 Å². The molecule has 2 aromatic rings. The fourth-order valence-electron chi connectivity index (χ4n) is 2.47. The Morgan fingerprint density at radius 2 is 2.44 bits per heavy atom. The molecule has 0 aliphatic carbocycles. The van der Waals surface area contributed by atoms with Crippen LogP contribution >= 0.6 is 0 Å². The molecule has 1 aromatic heterocycles. The van der Waals surface area contributed by atoms with Gasteiger partial charge in [-0.3, -0.25) is 4.68 Å². The molecule has 3 rings (SSSR count). The van der Waals surface area contributed by atoms with E-state index >= 15 is 0 Å². The van der Waals surface area contributed by atoms with E-state index in [1.165, 1.54) is 17.4 Å². The molecule has 1 aliphatic rings. The highest BCUT2D eigenvalue weighted by Crippen LogP contribution is 2.18. The van der Waals surface area contributed by atoms with Crippen molar-refractivity contribution in [2.24, 2.45) is 5.92 Å². The largest absolute Gasteiger partial charge is 0.316 e. The van der Waals surface area contributed by atoms with Gasteiger partial charge in [0.1, 0.15) is 0 Å². The average Bonchev–Trinajstić information content (AvgIpc) is 2.88. The molecule has 0 spiro atoms. The highest BCUT2D eigenvalue weighted by molar-refractivity contribution is 5.81. The third-order valence-electron chi connectivity index (χ3n) is 3.39. The van der Waals surface area contributed by atoms with E-state index in [4.69, 9.17) is 0 Å². The third-order valence-corrected chi connectivity index (χ3v) is 3.39. The molecule has 0 saturated carbocycles. The van der Waals surface area contributed by atoms with Crippen molar-refractivity contribution in [2.45, 2.75) is 19.9 Å². The van der Waals surface area contributed by atoms with E-state index in [9.17, 15) is 0 Å². The smallest absolute Gasteiger partial charge is 0.0952 e. The number of aryl methyl sites for hydroxylation is 1. The Morgan fingerprint density at radius 1 is 1.50 bits per heavy atom. The minimum absolute atomic E-state index is 0.745. The van der Waals surface area contributed by atoms with Crippen molar-refractivity contribution in [3.8, 4) is 0 Å². The van der Waals surface area contributed by atoms with Gasteiger partial charge in [-0.15, -0.1) is 0 Å². The molecule has 2 heterocycles. The number of rotatable bonds is 2. The van der Waals surface area contributed by atoms with E-state index < -0.39 is 0 Å². The summed E-state index contributed by atoms with van der Waals surface area (Å²) in [6.45, 7) is 5.46. The lowest BCUT2D eigenvalue weighted by Gasteiger charge is -2.07. The van der Waals surface area contributed by atoms with Crippen LogP contribution in [0.15, 0.2) is 24.4 Å². The second kappa shape index (κ2) is 3.91. The summed E-state index contributed by atoms with van der Waals surface area (Å²) in [6.07, 6.45) is 3.44. The van der Waals surface area contributed by atoms with Gasteiger partial charge in [0.2, 0.25) is 0 Å². The molecule has 0 amide bonds. The second-order valence-electron chi connectivity index (χ2n) is 4.72. The summed E-state index contributed by atoms with van der Waals surface area (Å²) in [6, 6.07) is 6.36. The Kier molecular flexibility index (Phi) is 2.40. The zero-order valence-corrected chi connectivity index (χ0v) is 9.61. The maximum Gasteiger partial charge on any atom is 0.0952 e. The molecule has 1 aromatic carbocycles. The molecule has 1 saturated heterocycles. The zero-order valence-electron chi connectivity index (χ0n) is 9.61. The van der Waals surface area contributed by atoms with E-state index in [2.05, 4.69) is 46.4 Å². The number of hydrogen-bond donors (Lipinski definition) is 1. The van der Waals surface area contributed by atoms with Crippen LogP contribution in [0.25, 0.3) is 10.9 Å². The van der Waals surface area contributed by atoms with Crippen molar-refractivity contribution in [1.29, 1.82) is 0 Å². The van der Waals surface area contributed by atoms with Crippen LogP contribution in [0.2, 0.25) is 0 Å². The molecule has 1 unspecified atom stereocenters. The molecule has 3 heteroatoms. The Hall–Kier alpha value is -1.35. The van der Waals surface area contributed by atoms with Crippen LogP contribution in [-0.4, -0.2) is 22.9 Å². The van der Waals surface area contributed by atoms with Gasteiger partial charge < -0.3 is 5.32 Å². The van der Waals surface area contributed by atoms with E-state index in [1.54, 1.807) is 0 Å². The minimum Gasteiger partial charge on any atom is -0.316 e. The summed E-state index contributed by atoms with van der Waals surface area (Å²) in [5, 5.41) is 9.32. The summed E-state index contributed by atoms with van der Waals surface area (Å²) in [7, 11) is 0. The van der Waals surface area contributed by atoms with Crippen molar-refractivity contribution in [3.63, 3.8) is 0 Å². The number of fused-ring (bicyclic) bond motifs is 1. The molecular formula is C13H17N3. The van der Waals surface area contributed by atoms with Gasteiger partial charge >= 0.3 is 0 Å². The predicted molar refractivity (Wildman–Crippen MR) is 65.4 cm³/mol. The van der Waals surface area contributed by atoms with Gasteiger partial charge in [-0.05, 0) is 37.9 Å². The Bertz CT molecular complexity index is 495. The lowest BCUT2D eigenvalue weighted by Crippen LogP contribution is -2.14. The van der Waals surface area contributed by atoms with Gasteiger partial charge in [0, 0.05) is 18.1 Å². The normalized spacial score (nSPS) is 20.7. The fourth-order valence-corrected chi connectivity index (χ4v) is 2.47. The quantitative estimate of drug-likeness (QED) is 0.830. The van der Waals surface area contributed by atoms with Crippen LogP contribution in [0.1, 0.15) is 12.0 Å². The molecule has 1 atom stereocenters. The van der Waals surface area contributed by atoms with E-state index in [0.717, 1.165) is 31.1 Å². The van der Waals surface area contributed by atoms with E-state index in [0.29, 0.717) is 0 Å². The molecule has 1 aliphatic heterocycles. The Labute approximate surface area is 95.5 Å². The molecular weight excluding hydrogens is 198 g/mol. The highest BCUT2D eigenvalue weighted by atomic mass is 15.3. The zero-order chi connectivity index (χ0) is 11.0. The second-order valence-corrected chi connectivity index (χ2v) is 4.72. The van der Waals surface area contributed by atoms with Gasteiger partial charge in [-0.1, -0.05) is 18.2 Å². The van der Waals surface area contributed by atoms with Gasteiger partial charge in [0.15, 0.2) is 0 Å². The summed E-state index contributed by atoms with van der Waals surface area (Å²) < 4.78 is 2.11. The van der Waals surface area contributed by atoms with Gasteiger partial charge in [0.25, 0.3) is 0 Å². The molecule has 1 N–H and O–H groups in total.